The Morgan fingerprint density at radius 3 is 2.50 bits per heavy atom. The van der Waals surface area contributed by atoms with Crippen LogP contribution in [-0.4, -0.2) is 35.6 Å². The van der Waals surface area contributed by atoms with Crippen molar-refractivity contribution < 1.29 is 19.5 Å². The number of carbonyl (C=O) groups is 3. The number of amides is 3. The highest BCUT2D eigenvalue weighted by molar-refractivity contribution is 6.42. The van der Waals surface area contributed by atoms with Crippen LogP contribution in [0.3, 0.4) is 0 Å². The molecule has 3 amide bonds. The number of nitrogens with one attached hydrogen (secondary N) is 2. The summed E-state index contributed by atoms with van der Waals surface area (Å²) in [7, 11) is 0. The van der Waals surface area contributed by atoms with E-state index in [1.807, 2.05) is 19.1 Å². The van der Waals surface area contributed by atoms with E-state index in [1.54, 1.807) is 18.2 Å². The van der Waals surface area contributed by atoms with Gasteiger partial charge in [0.1, 0.15) is 12.0 Å². The highest BCUT2D eigenvalue weighted by Crippen LogP contribution is 2.29. The third-order valence-electron chi connectivity index (χ3n) is 4.50. The summed E-state index contributed by atoms with van der Waals surface area (Å²) >= 11 is 11.8. The lowest BCUT2D eigenvalue weighted by atomic mass is 10.0. The summed E-state index contributed by atoms with van der Waals surface area (Å²) in [6.45, 7) is 1.80. The Hall–Kier alpha value is -2.77. The second kappa shape index (κ2) is 8.08. The average Bonchev–Trinajstić information content (AvgIpc) is 2.95. The van der Waals surface area contributed by atoms with Gasteiger partial charge in [-0.15, -0.1) is 0 Å². The van der Waals surface area contributed by atoms with Crippen LogP contribution in [0.15, 0.2) is 42.5 Å². The summed E-state index contributed by atoms with van der Waals surface area (Å²) in [6.07, 6.45) is 0. The van der Waals surface area contributed by atoms with E-state index in [-0.39, 0.29) is 11.6 Å². The van der Waals surface area contributed by atoms with Crippen LogP contribution in [0.2, 0.25) is 10.0 Å². The van der Waals surface area contributed by atoms with Gasteiger partial charge in [0.25, 0.3) is 5.91 Å². The second-order valence-corrected chi connectivity index (χ2v) is 7.20. The highest BCUT2D eigenvalue weighted by Gasteiger charge is 2.46. The Bertz CT molecular complexity index is 951. The van der Waals surface area contributed by atoms with Crippen LogP contribution < -0.4 is 15.5 Å². The maximum atomic E-state index is 12.8. The van der Waals surface area contributed by atoms with E-state index in [0.717, 1.165) is 5.56 Å². The first-order chi connectivity index (χ1) is 13.3. The number of urea groups is 1. The smallest absolute Gasteiger partial charge is 0.319 e. The van der Waals surface area contributed by atoms with E-state index < -0.39 is 29.9 Å². The van der Waals surface area contributed by atoms with Crippen molar-refractivity contribution in [2.24, 2.45) is 5.92 Å². The normalized spacial score (nSPS) is 18.8. The van der Waals surface area contributed by atoms with Crippen molar-refractivity contribution in [3.63, 3.8) is 0 Å². The number of benzene rings is 2. The summed E-state index contributed by atoms with van der Waals surface area (Å²) in [5.41, 5.74) is 1.81. The van der Waals surface area contributed by atoms with Crippen molar-refractivity contribution >= 4 is 52.5 Å². The summed E-state index contributed by atoms with van der Waals surface area (Å²) < 4.78 is 0. The highest BCUT2D eigenvalue weighted by atomic mass is 35.5. The Balaban J connectivity index is 1.78. The van der Waals surface area contributed by atoms with E-state index in [0.29, 0.717) is 16.4 Å². The molecule has 0 aliphatic carbocycles. The van der Waals surface area contributed by atoms with Crippen LogP contribution >= 0.6 is 23.2 Å². The molecule has 2 atom stereocenters. The molecular formula is C19H17Cl2N3O4. The number of para-hydroxylation sites is 1. The third-order valence-corrected chi connectivity index (χ3v) is 5.24. The van der Waals surface area contributed by atoms with Gasteiger partial charge in [-0.3, -0.25) is 9.59 Å². The predicted octanol–water partition coefficient (Wildman–Crippen LogP) is 3.54. The molecule has 28 heavy (non-hydrogen) atoms. The lowest BCUT2D eigenvalue weighted by Gasteiger charge is -2.19. The molecule has 0 aromatic heterocycles. The number of aliphatic carboxylic acids is 1. The number of carboxylic acid groups (broad SMARTS) is 1. The first-order valence-electron chi connectivity index (χ1n) is 8.40. The van der Waals surface area contributed by atoms with E-state index in [2.05, 4.69) is 10.6 Å². The minimum atomic E-state index is -1.19. The molecule has 1 saturated heterocycles. The van der Waals surface area contributed by atoms with Crippen LogP contribution in [-0.2, 0) is 9.59 Å². The zero-order valence-corrected chi connectivity index (χ0v) is 16.3. The lowest BCUT2D eigenvalue weighted by molar-refractivity contribution is -0.142. The second-order valence-electron chi connectivity index (χ2n) is 6.39. The molecule has 2 aromatic rings. The lowest BCUT2D eigenvalue weighted by Crippen LogP contribution is -2.47. The molecule has 1 aliphatic rings. The molecule has 7 nitrogen and oxygen atoms in total. The number of anilines is 2. The SMILES string of the molecule is Cc1ccccc1N1CC(C(=O)O)C(NC(=O)Nc2ccc(Cl)c(Cl)c2)C1=O. The van der Waals surface area contributed by atoms with E-state index in [1.165, 1.54) is 17.0 Å². The van der Waals surface area contributed by atoms with Gasteiger partial charge in [0.05, 0.1) is 10.0 Å². The van der Waals surface area contributed by atoms with Gasteiger partial charge in [-0.1, -0.05) is 41.4 Å². The van der Waals surface area contributed by atoms with Gasteiger partial charge in [-0.05, 0) is 36.8 Å². The number of hydrogen-bond acceptors (Lipinski definition) is 3. The first kappa shape index (κ1) is 20.0. The Morgan fingerprint density at radius 1 is 1.14 bits per heavy atom. The number of hydrogen-bond donors (Lipinski definition) is 3. The predicted molar refractivity (Wildman–Crippen MR) is 107 cm³/mol. The molecule has 0 bridgehead atoms. The number of halogens is 2. The van der Waals surface area contributed by atoms with E-state index in [4.69, 9.17) is 23.2 Å². The number of aryl methyl sites for hydroxylation is 1. The van der Waals surface area contributed by atoms with Gasteiger partial charge in [-0.25, -0.2) is 4.79 Å². The quantitative estimate of drug-likeness (QED) is 0.702. The Kier molecular flexibility index (Phi) is 5.76. The van der Waals surface area contributed by atoms with Crippen LogP contribution in [0, 0.1) is 12.8 Å². The topological polar surface area (TPSA) is 98.7 Å². The molecule has 0 spiro atoms. The van der Waals surface area contributed by atoms with Gasteiger partial charge in [-0.2, -0.15) is 0 Å². The fourth-order valence-corrected chi connectivity index (χ4v) is 3.38. The van der Waals surface area contributed by atoms with Crippen molar-refractivity contribution in [3.05, 3.63) is 58.1 Å². The largest absolute Gasteiger partial charge is 0.481 e. The Morgan fingerprint density at radius 2 is 1.86 bits per heavy atom. The number of carbonyl (C=O) groups excluding carboxylic acids is 2. The number of carboxylic acids is 1. The number of nitrogens with zero attached hydrogens (tertiary/aromatic N) is 1. The molecule has 1 heterocycles. The first-order valence-corrected chi connectivity index (χ1v) is 9.16. The van der Waals surface area contributed by atoms with E-state index >= 15 is 0 Å². The van der Waals surface area contributed by atoms with Crippen molar-refractivity contribution in [1.82, 2.24) is 5.32 Å². The van der Waals surface area contributed by atoms with Crippen LogP contribution in [0.5, 0.6) is 0 Å². The van der Waals surface area contributed by atoms with E-state index in [9.17, 15) is 19.5 Å². The van der Waals surface area contributed by atoms with Gasteiger partial charge in [0.15, 0.2) is 0 Å². The third kappa shape index (κ3) is 4.05. The summed E-state index contributed by atoms with van der Waals surface area (Å²) in [4.78, 5) is 38.2. The summed E-state index contributed by atoms with van der Waals surface area (Å²) in [5, 5.41) is 15.1. The van der Waals surface area contributed by atoms with Crippen molar-refractivity contribution in [1.29, 1.82) is 0 Å². The molecule has 0 saturated carbocycles. The summed E-state index contributed by atoms with van der Waals surface area (Å²) in [6, 6.07) is 9.76. The Labute approximate surface area is 171 Å². The van der Waals surface area contributed by atoms with Gasteiger partial charge in [0, 0.05) is 17.9 Å². The maximum Gasteiger partial charge on any atom is 0.319 e. The molecule has 0 radical (unpaired) electrons. The molecular weight excluding hydrogens is 405 g/mol. The summed E-state index contributed by atoms with van der Waals surface area (Å²) in [5.74, 6) is -2.72. The van der Waals surface area contributed by atoms with Gasteiger partial charge < -0.3 is 20.6 Å². The molecule has 1 fully saturated rings. The van der Waals surface area contributed by atoms with Gasteiger partial charge >= 0.3 is 12.0 Å². The molecule has 1 aliphatic heterocycles. The molecule has 9 heteroatoms. The molecule has 2 unspecified atom stereocenters. The fourth-order valence-electron chi connectivity index (χ4n) is 3.08. The van der Waals surface area contributed by atoms with Crippen molar-refractivity contribution in [2.75, 3.05) is 16.8 Å². The van der Waals surface area contributed by atoms with Gasteiger partial charge in [0.2, 0.25) is 0 Å². The molecule has 2 aromatic carbocycles. The van der Waals surface area contributed by atoms with Crippen LogP contribution in [0.1, 0.15) is 5.56 Å². The van der Waals surface area contributed by atoms with Crippen molar-refractivity contribution in [2.45, 2.75) is 13.0 Å². The molecule has 3 N–H and O–H groups in total. The standard InChI is InChI=1S/C19H17Cl2N3O4/c1-10-4-2-3-5-15(10)24-9-12(18(26)27)16(17(24)25)23-19(28)22-11-6-7-13(20)14(21)8-11/h2-8,12,16H,9H2,1H3,(H,26,27)(H2,22,23,28). The van der Waals surface area contributed by atoms with Crippen molar-refractivity contribution in [3.8, 4) is 0 Å². The van der Waals surface area contributed by atoms with Crippen LogP contribution in [0.25, 0.3) is 0 Å². The zero-order chi connectivity index (χ0) is 20.4. The minimum absolute atomic E-state index is 0.0310. The zero-order valence-electron chi connectivity index (χ0n) is 14.8. The fraction of sp³-hybridized carbons (Fsp3) is 0.211. The average molecular weight is 422 g/mol. The maximum absolute atomic E-state index is 12.8. The molecule has 146 valence electrons. The van der Waals surface area contributed by atoms with Crippen LogP contribution in [0.4, 0.5) is 16.2 Å². The number of rotatable bonds is 4. The molecule has 3 rings (SSSR count). The monoisotopic (exact) mass is 421 g/mol. The minimum Gasteiger partial charge on any atom is -0.481 e.